The van der Waals surface area contributed by atoms with Gasteiger partial charge in [0.25, 0.3) is 0 Å². The summed E-state index contributed by atoms with van der Waals surface area (Å²) in [5.74, 6) is 0.848. The quantitative estimate of drug-likeness (QED) is 0.266. The molecule has 1 saturated carbocycles. The molecule has 0 radical (unpaired) electrons. The number of rotatable bonds is 6. The van der Waals surface area contributed by atoms with Gasteiger partial charge in [-0.2, -0.15) is 0 Å². The summed E-state index contributed by atoms with van der Waals surface area (Å²) in [4.78, 5) is 18.9. The average Bonchev–Trinajstić information content (AvgIpc) is 2.84. The Balaban J connectivity index is 0.00000338. The largest absolute Gasteiger partial charge is 0.383 e. The monoisotopic (exact) mass is 480 g/mol. The number of ether oxygens (including phenoxy) is 1. The standard InChI is InChI=1S/C19H36N4O2.HI/c1-3-20-18(22-15-17(24)21-12-14-25-2)23-13-8-11-19(16-23)9-6-4-5-7-10-19;/h3-16H2,1-2H3,(H,20,22)(H,21,24);1H. The third-order valence-corrected chi connectivity index (χ3v) is 5.46. The molecule has 6 nitrogen and oxygen atoms in total. The topological polar surface area (TPSA) is 66.0 Å². The molecule has 2 N–H and O–H groups in total. The van der Waals surface area contributed by atoms with E-state index in [-0.39, 0.29) is 36.4 Å². The molecule has 152 valence electrons. The van der Waals surface area contributed by atoms with Crippen LogP contribution in [0.1, 0.15) is 58.3 Å². The van der Waals surface area contributed by atoms with E-state index in [1.165, 1.54) is 51.4 Å². The smallest absolute Gasteiger partial charge is 0.241 e. The van der Waals surface area contributed by atoms with Crippen LogP contribution >= 0.6 is 24.0 Å². The molecule has 7 heteroatoms. The maximum Gasteiger partial charge on any atom is 0.241 e. The van der Waals surface area contributed by atoms with E-state index in [0.717, 1.165) is 25.6 Å². The molecule has 1 aliphatic heterocycles. The van der Waals surface area contributed by atoms with Crippen LogP contribution in [0.5, 0.6) is 0 Å². The van der Waals surface area contributed by atoms with Crippen molar-refractivity contribution in [2.24, 2.45) is 10.4 Å². The van der Waals surface area contributed by atoms with Gasteiger partial charge in [0.2, 0.25) is 5.91 Å². The summed E-state index contributed by atoms with van der Waals surface area (Å²) in [5, 5.41) is 6.22. The third-order valence-electron chi connectivity index (χ3n) is 5.46. The molecule has 1 saturated heterocycles. The van der Waals surface area contributed by atoms with Crippen LogP contribution < -0.4 is 10.6 Å². The Morgan fingerprint density at radius 1 is 1.12 bits per heavy atom. The first-order chi connectivity index (χ1) is 12.2. The summed E-state index contributed by atoms with van der Waals surface area (Å²) in [6.45, 7) is 6.28. The highest BCUT2D eigenvalue weighted by atomic mass is 127. The Hall–Kier alpha value is -0.570. The van der Waals surface area contributed by atoms with Gasteiger partial charge in [0.1, 0.15) is 6.54 Å². The summed E-state index contributed by atoms with van der Waals surface area (Å²) >= 11 is 0. The SMILES string of the molecule is CCNC(=NCC(=O)NCCOC)N1CCCC2(CCCCCC2)C1.I. The fraction of sp³-hybridized carbons (Fsp3) is 0.895. The fourth-order valence-corrected chi connectivity index (χ4v) is 4.20. The molecule has 2 aliphatic rings. The van der Waals surface area contributed by atoms with Gasteiger partial charge in [0.05, 0.1) is 6.61 Å². The van der Waals surface area contributed by atoms with E-state index in [0.29, 0.717) is 18.6 Å². The number of nitrogens with one attached hydrogen (secondary N) is 2. The zero-order valence-corrected chi connectivity index (χ0v) is 18.8. The highest BCUT2D eigenvalue weighted by molar-refractivity contribution is 14.0. The summed E-state index contributed by atoms with van der Waals surface area (Å²) in [6, 6.07) is 0. The molecule has 0 aromatic carbocycles. The Morgan fingerprint density at radius 3 is 2.46 bits per heavy atom. The minimum absolute atomic E-state index is 0. The fourth-order valence-electron chi connectivity index (χ4n) is 4.20. The highest BCUT2D eigenvalue weighted by Crippen LogP contribution is 2.42. The van der Waals surface area contributed by atoms with Crippen LogP contribution in [0.25, 0.3) is 0 Å². The minimum Gasteiger partial charge on any atom is -0.383 e. The van der Waals surface area contributed by atoms with Crippen molar-refractivity contribution in [3.05, 3.63) is 0 Å². The number of guanidine groups is 1. The molecule has 2 fully saturated rings. The first-order valence-corrected chi connectivity index (χ1v) is 9.98. The predicted octanol–water partition coefficient (Wildman–Crippen LogP) is 2.77. The van der Waals surface area contributed by atoms with E-state index in [4.69, 9.17) is 4.74 Å². The van der Waals surface area contributed by atoms with Crippen LogP contribution in [0.2, 0.25) is 0 Å². The number of hydrogen-bond acceptors (Lipinski definition) is 3. The Bertz CT molecular complexity index is 437. The second kappa shape index (κ2) is 12.8. The first kappa shape index (κ1) is 23.5. The van der Waals surface area contributed by atoms with Crippen molar-refractivity contribution in [1.29, 1.82) is 0 Å². The minimum atomic E-state index is -0.0476. The lowest BCUT2D eigenvalue weighted by Gasteiger charge is -2.44. The van der Waals surface area contributed by atoms with Crippen LogP contribution in [0.4, 0.5) is 0 Å². The molecule has 0 aromatic heterocycles. The number of nitrogens with zero attached hydrogens (tertiary/aromatic N) is 2. The van der Waals surface area contributed by atoms with Gasteiger partial charge in [0.15, 0.2) is 5.96 Å². The Labute approximate surface area is 175 Å². The lowest BCUT2D eigenvalue weighted by atomic mass is 9.74. The normalized spacial score (nSPS) is 20.2. The van der Waals surface area contributed by atoms with E-state index < -0.39 is 0 Å². The summed E-state index contributed by atoms with van der Waals surface area (Å²) in [5.41, 5.74) is 0.464. The maximum absolute atomic E-state index is 11.9. The van der Waals surface area contributed by atoms with Crippen LogP contribution in [-0.2, 0) is 9.53 Å². The van der Waals surface area contributed by atoms with Crippen LogP contribution in [0.3, 0.4) is 0 Å². The van der Waals surface area contributed by atoms with E-state index >= 15 is 0 Å². The number of piperidine rings is 1. The lowest BCUT2D eigenvalue weighted by Crippen LogP contribution is -2.50. The molecule has 1 spiro atoms. The summed E-state index contributed by atoms with van der Waals surface area (Å²) < 4.78 is 4.95. The molecular formula is C19H37IN4O2. The number of amides is 1. The molecule has 26 heavy (non-hydrogen) atoms. The molecule has 0 atom stereocenters. The van der Waals surface area contributed by atoms with Gasteiger partial charge in [-0.25, -0.2) is 4.99 Å². The van der Waals surface area contributed by atoms with Gasteiger partial charge in [0, 0.05) is 33.3 Å². The lowest BCUT2D eigenvalue weighted by molar-refractivity contribution is -0.119. The maximum atomic E-state index is 11.9. The Morgan fingerprint density at radius 2 is 1.81 bits per heavy atom. The van der Waals surface area contributed by atoms with Crippen molar-refractivity contribution in [2.75, 3.05) is 46.4 Å². The number of aliphatic imine (C=N–C) groups is 1. The van der Waals surface area contributed by atoms with E-state index in [2.05, 4.69) is 27.4 Å². The highest BCUT2D eigenvalue weighted by Gasteiger charge is 2.36. The predicted molar refractivity (Wildman–Crippen MR) is 117 cm³/mol. The summed E-state index contributed by atoms with van der Waals surface area (Å²) in [6.07, 6.45) is 10.8. The molecule has 0 unspecified atom stereocenters. The number of carbonyl (C=O) groups is 1. The van der Waals surface area contributed by atoms with Crippen molar-refractivity contribution in [2.45, 2.75) is 58.3 Å². The molecule has 1 heterocycles. The van der Waals surface area contributed by atoms with Crippen molar-refractivity contribution in [3.8, 4) is 0 Å². The van der Waals surface area contributed by atoms with Gasteiger partial charge in [-0.05, 0) is 38.0 Å². The Kier molecular flexibility index (Phi) is 11.5. The number of hydrogen-bond donors (Lipinski definition) is 2. The van der Waals surface area contributed by atoms with Gasteiger partial charge in [-0.1, -0.05) is 25.7 Å². The van der Waals surface area contributed by atoms with Gasteiger partial charge < -0.3 is 20.3 Å². The average molecular weight is 480 g/mol. The third kappa shape index (κ3) is 7.58. The number of likely N-dealkylation sites (tertiary alicyclic amines) is 1. The zero-order chi connectivity index (χ0) is 18.0. The second-order valence-electron chi connectivity index (χ2n) is 7.45. The van der Waals surface area contributed by atoms with E-state index in [1.54, 1.807) is 7.11 Å². The van der Waals surface area contributed by atoms with Crippen LogP contribution in [-0.4, -0.2) is 63.2 Å². The first-order valence-electron chi connectivity index (χ1n) is 9.98. The molecule has 1 aliphatic carbocycles. The van der Waals surface area contributed by atoms with Gasteiger partial charge in [-0.15, -0.1) is 24.0 Å². The van der Waals surface area contributed by atoms with Crippen molar-refractivity contribution >= 4 is 35.8 Å². The van der Waals surface area contributed by atoms with Crippen LogP contribution in [0, 0.1) is 5.41 Å². The molecular weight excluding hydrogens is 443 g/mol. The number of halogens is 1. The second-order valence-corrected chi connectivity index (χ2v) is 7.45. The van der Waals surface area contributed by atoms with Gasteiger partial charge in [-0.3, -0.25) is 4.79 Å². The summed E-state index contributed by atoms with van der Waals surface area (Å²) in [7, 11) is 1.63. The van der Waals surface area contributed by atoms with Gasteiger partial charge >= 0.3 is 0 Å². The van der Waals surface area contributed by atoms with E-state index in [9.17, 15) is 4.79 Å². The van der Waals surface area contributed by atoms with E-state index in [1.807, 2.05) is 0 Å². The van der Waals surface area contributed by atoms with Crippen molar-refractivity contribution in [1.82, 2.24) is 15.5 Å². The number of methoxy groups -OCH3 is 1. The molecule has 0 aromatic rings. The molecule has 1 amide bonds. The molecule has 0 bridgehead atoms. The van der Waals surface area contributed by atoms with Crippen molar-refractivity contribution < 1.29 is 9.53 Å². The zero-order valence-electron chi connectivity index (χ0n) is 16.5. The van der Waals surface area contributed by atoms with Crippen LogP contribution in [0.15, 0.2) is 4.99 Å². The number of carbonyl (C=O) groups excluding carboxylic acids is 1. The molecule has 2 rings (SSSR count). The van der Waals surface area contributed by atoms with Crippen molar-refractivity contribution in [3.63, 3.8) is 0 Å².